The van der Waals surface area contributed by atoms with Crippen LogP contribution in [0.15, 0.2) is 12.1 Å². The van der Waals surface area contributed by atoms with Crippen molar-refractivity contribution < 1.29 is 4.39 Å². The Bertz CT molecular complexity index is 350. The molecule has 1 aromatic rings. The van der Waals surface area contributed by atoms with Crippen LogP contribution in [0, 0.1) is 5.82 Å². The first kappa shape index (κ1) is 12.7. The number of nitrogens with one attached hydrogen (secondary N) is 2. The van der Waals surface area contributed by atoms with Crippen LogP contribution in [0.5, 0.6) is 0 Å². The monoisotopic (exact) mass is 226 g/mol. The fourth-order valence-electron chi connectivity index (χ4n) is 1.64. The smallest absolute Gasteiger partial charge is 0.148 e. The number of anilines is 2. The van der Waals surface area contributed by atoms with Gasteiger partial charge in [-0.15, -0.1) is 0 Å². The van der Waals surface area contributed by atoms with Gasteiger partial charge in [-0.1, -0.05) is 0 Å². The van der Waals surface area contributed by atoms with Gasteiger partial charge in [0.1, 0.15) is 5.82 Å². The highest BCUT2D eigenvalue weighted by Gasteiger charge is 2.09. The van der Waals surface area contributed by atoms with E-state index in [0.29, 0.717) is 12.1 Å². The Kier molecular flexibility index (Phi) is 4.52. The molecule has 0 fully saturated rings. The molecule has 0 aliphatic heterocycles. The second-order valence-corrected chi connectivity index (χ2v) is 3.74. The van der Waals surface area contributed by atoms with Crippen molar-refractivity contribution >= 4 is 11.4 Å². The molecule has 6 N–H and O–H groups in total. The summed E-state index contributed by atoms with van der Waals surface area (Å²) in [7, 11) is 3.73. The zero-order valence-corrected chi connectivity index (χ0v) is 9.68. The third-order valence-electron chi connectivity index (χ3n) is 2.64. The fourth-order valence-corrected chi connectivity index (χ4v) is 1.64. The number of benzene rings is 1. The first-order valence-corrected chi connectivity index (χ1v) is 5.26. The Labute approximate surface area is 95.2 Å². The first-order chi connectivity index (χ1) is 7.58. The zero-order valence-electron chi connectivity index (χ0n) is 9.68. The van der Waals surface area contributed by atoms with Crippen LogP contribution in [0.2, 0.25) is 0 Å². The first-order valence-electron chi connectivity index (χ1n) is 5.26. The predicted octanol–water partition coefficient (Wildman–Crippen LogP) is 0.688. The Balaban J connectivity index is 2.73. The molecule has 0 spiro atoms. The Morgan fingerprint density at radius 1 is 1.25 bits per heavy atom. The molecule has 1 aromatic carbocycles. The standard InChI is InChI=1S/C11H19FN4/c1-15-10(16-2)4-3-7-5-8(13)6-9(12)11(7)14/h5-6,10,15-16H,3-4,13-14H2,1-2H3. The summed E-state index contributed by atoms with van der Waals surface area (Å²) >= 11 is 0. The maximum atomic E-state index is 13.3. The Morgan fingerprint density at radius 3 is 2.44 bits per heavy atom. The average Bonchev–Trinajstić information content (AvgIpc) is 2.26. The molecule has 0 amide bonds. The highest BCUT2D eigenvalue weighted by Crippen LogP contribution is 2.21. The lowest BCUT2D eigenvalue weighted by Crippen LogP contribution is -2.37. The minimum atomic E-state index is -0.444. The Hall–Kier alpha value is -1.33. The molecule has 0 aliphatic rings. The lowest BCUT2D eigenvalue weighted by molar-refractivity contribution is 0.463. The third kappa shape index (κ3) is 3.08. The van der Waals surface area contributed by atoms with E-state index in [9.17, 15) is 4.39 Å². The fraction of sp³-hybridized carbons (Fsp3) is 0.455. The van der Waals surface area contributed by atoms with E-state index in [2.05, 4.69) is 10.6 Å². The minimum absolute atomic E-state index is 0.184. The van der Waals surface area contributed by atoms with Gasteiger partial charge < -0.3 is 22.1 Å². The van der Waals surface area contributed by atoms with Gasteiger partial charge in [0.15, 0.2) is 0 Å². The van der Waals surface area contributed by atoms with Crippen molar-refractivity contribution in [2.45, 2.75) is 19.0 Å². The molecule has 16 heavy (non-hydrogen) atoms. The summed E-state index contributed by atoms with van der Waals surface area (Å²) < 4.78 is 13.3. The number of rotatable bonds is 5. The molecule has 0 saturated carbocycles. The molecule has 0 aliphatic carbocycles. The van der Waals surface area contributed by atoms with Crippen LogP contribution in [-0.2, 0) is 6.42 Å². The number of hydrogen-bond donors (Lipinski definition) is 4. The number of halogens is 1. The van der Waals surface area contributed by atoms with Crippen molar-refractivity contribution in [1.29, 1.82) is 0 Å². The normalized spacial score (nSPS) is 11.0. The molecular formula is C11H19FN4. The van der Waals surface area contributed by atoms with Gasteiger partial charge in [0.25, 0.3) is 0 Å². The van der Waals surface area contributed by atoms with Crippen molar-refractivity contribution in [1.82, 2.24) is 10.6 Å². The van der Waals surface area contributed by atoms with E-state index in [-0.39, 0.29) is 11.9 Å². The SMILES string of the molecule is CNC(CCc1cc(N)cc(F)c1N)NC. The lowest BCUT2D eigenvalue weighted by atomic mass is 10.1. The molecule has 0 saturated heterocycles. The minimum Gasteiger partial charge on any atom is -0.399 e. The molecule has 1 rings (SSSR count). The number of nitrogens with two attached hydrogens (primary N) is 2. The molecule has 0 heterocycles. The van der Waals surface area contributed by atoms with Crippen LogP contribution in [0.1, 0.15) is 12.0 Å². The highest BCUT2D eigenvalue weighted by molar-refractivity contribution is 5.56. The van der Waals surface area contributed by atoms with Crippen molar-refractivity contribution in [3.8, 4) is 0 Å². The van der Waals surface area contributed by atoms with Crippen LogP contribution in [0.25, 0.3) is 0 Å². The summed E-state index contributed by atoms with van der Waals surface area (Å²) in [5.74, 6) is -0.444. The van der Waals surface area contributed by atoms with E-state index in [0.717, 1.165) is 12.0 Å². The molecule has 0 unspecified atom stereocenters. The summed E-state index contributed by atoms with van der Waals surface area (Å²) in [6.45, 7) is 0. The van der Waals surface area contributed by atoms with Gasteiger partial charge in [0.05, 0.1) is 11.9 Å². The van der Waals surface area contributed by atoms with Crippen molar-refractivity contribution in [3.63, 3.8) is 0 Å². The molecule has 0 bridgehead atoms. The van der Waals surface area contributed by atoms with Gasteiger partial charge in [-0.3, -0.25) is 0 Å². The van der Waals surface area contributed by atoms with Crippen molar-refractivity contribution in [3.05, 3.63) is 23.5 Å². The highest BCUT2D eigenvalue weighted by atomic mass is 19.1. The second-order valence-electron chi connectivity index (χ2n) is 3.74. The predicted molar refractivity (Wildman–Crippen MR) is 65.5 cm³/mol. The van der Waals surface area contributed by atoms with Crippen LogP contribution in [0.4, 0.5) is 15.8 Å². The summed E-state index contributed by atoms with van der Waals surface area (Å²) in [5.41, 5.74) is 12.6. The third-order valence-corrected chi connectivity index (χ3v) is 2.64. The van der Waals surface area contributed by atoms with E-state index >= 15 is 0 Å². The largest absolute Gasteiger partial charge is 0.399 e. The van der Waals surface area contributed by atoms with Gasteiger partial charge in [-0.05, 0) is 44.6 Å². The molecule has 0 aromatic heterocycles. The van der Waals surface area contributed by atoms with Crippen LogP contribution in [-0.4, -0.2) is 20.3 Å². The Morgan fingerprint density at radius 2 is 1.88 bits per heavy atom. The second kappa shape index (κ2) is 5.67. The van der Waals surface area contributed by atoms with Gasteiger partial charge in [-0.2, -0.15) is 0 Å². The zero-order chi connectivity index (χ0) is 12.1. The van der Waals surface area contributed by atoms with Gasteiger partial charge in [-0.25, -0.2) is 4.39 Å². The van der Waals surface area contributed by atoms with Crippen molar-refractivity contribution in [2.75, 3.05) is 25.6 Å². The maximum absolute atomic E-state index is 13.3. The lowest BCUT2D eigenvalue weighted by Gasteiger charge is -2.16. The number of nitrogen functional groups attached to an aromatic ring is 2. The molecule has 0 radical (unpaired) electrons. The van der Waals surface area contributed by atoms with Gasteiger partial charge >= 0.3 is 0 Å². The summed E-state index contributed by atoms with van der Waals surface area (Å²) in [6, 6.07) is 2.97. The van der Waals surface area contributed by atoms with Gasteiger partial charge in [0.2, 0.25) is 0 Å². The van der Waals surface area contributed by atoms with E-state index < -0.39 is 5.82 Å². The maximum Gasteiger partial charge on any atom is 0.148 e. The quantitative estimate of drug-likeness (QED) is 0.440. The molecule has 90 valence electrons. The molecular weight excluding hydrogens is 207 g/mol. The van der Waals surface area contributed by atoms with E-state index in [1.165, 1.54) is 6.07 Å². The number of aryl methyl sites for hydroxylation is 1. The van der Waals surface area contributed by atoms with Gasteiger partial charge in [0, 0.05) is 5.69 Å². The van der Waals surface area contributed by atoms with Crippen molar-refractivity contribution in [2.24, 2.45) is 0 Å². The summed E-state index contributed by atoms with van der Waals surface area (Å²) in [6.07, 6.45) is 1.68. The average molecular weight is 226 g/mol. The molecule has 5 heteroatoms. The summed E-state index contributed by atoms with van der Waals surface area (Å²) in [4.78, 5) is 0. The van der Waals surface area contributed by atoms with Crippen LogP contribution in [0.3, 0.4) is 0 Å². The molecule has 0 atom stereocenters. The van der Waals surface area contributed by atoms with Crippen LogP contribution < -0.4 is 22.1 Å². The van der Waals surface area contributed by atoms with E-state index in [1.54, 1.807) is 6.07 Å². The molecule has 4 nitrogen and oxygen atoms in total. The van der Waals surface area contributed by atoms with E-state index in [1.807, 2.05) is 14.1 Å². The van der Waals surface area contributed by atoms with Crippen LogP contribution >= 0.6 is 0 Å². The number of hydrogen-bond acceptors (Lipinski definition) is 4. The summed E-state index contributed by atoms with van der Waals surface area (Å²) in [5, 5.41) is 6.19. The van der Waals surface area contributed by atoms with E-state index in [4.69, 9.17) is 11.5 Å². The topological polar surface area (TPSA) is 76.1 Å².